The summed E-state index contributed by atoms with van der Waals surface area (Å²) < 4.78 is 13.6. The third-order valence-corrected chi connectivity index (χ3v) is 4.93. The number of carbonyl (C=O) groups excluding carboxylic acids is 3. The number of rotatable bonds is 3. The Morgan fingerprint density at radius 2 is 2.14 bits per heavy atom. The maximum atomic E-state index is 13.6. The van der Waals surface area contributed by atoms with Crippen molar-refractivity contribution in [1.29, 1.82) is 0 Å². The van der Waals surface area contributed by atoms with Crippen LogP contribution in [0, 0.1) is 5.82 Å². The van der Waals surface area contributed by atoms with E-state index in [9.17, 15) is 18.8 Å². The van der Waals surface area contributed by atoms with Crippen molar-refractivity contribution >= 4 is 29.5 Å². The highest BCUT2D eigenvalue weighted by Crippen LogP contribution is 2.33. The normalized spacial score (nSPS) is 24.7. The van der Waals surface area contributed by atoms with Gasteiger partial charge in [-0.3, -0.25) is 14.5 Å². The molecule has 3 rings (SSSR count). The third-order valence-electron chi connectivity index (χ3n) is 3.74. The minimum absolute atomic E-state index is 0.111. The predicted octanol–water partition coefficient (Wildman–Crippen LogP) is 1.44. The smallest absolute Gasteiger partial charge is 0.322 e. The van der Waals surface area contributed by atoms with Gasteiger partial charge in [0.1, 0.15) is 11.4 Å². The zero-order chi connectivity index (χ0) is 15.0. The summed E-state index contributed by atoms with van der Waals surface area (Å²) in [6, 6.07) is 4.96. The van der Waals surface area contributed by atoms with Crippen molar-refractivity contribution in [3.8, 4) is 0 Å². The van der Waals surface area contributed by atoms with E-state index in [1.807, 2.05) is 0 Å². The molecule has 1 spiro atoms. The van der Waals surface area contributed by atoms with E-state index in [0.717, 1.165) is 10.7 Å². The summed E-state index contributed by atoms with van der Waals surface area (Å²) >= 11 is 1.59. The van der Waals surface area contributed by atoms with Gasteiger partial charge in [-0.25, -0.2) is 9.18 Å². The number of carbonyl (C=O) groups is 3. The summed E-state index contributed by atoms with van der Waals surface area (Å²) in [5.74, 6) is -0.314. The first-order valence-corrected chi connectivity index (χ1v) is 7.68. The molecule has 3 amide bonds. The second kappa shape index (κ2) is 5.14. The van der Waals surface area contributed by atoms with Crippen LogP contribution in [-0.4, -0.2) is 46.2 Å². The van der Waals surface area contributed by atoms with Crippen molar-refractivity contribution in [1.82, 2.24) is 10.2 Å². The van der Waals surface area contributed by atoms with Crippen molar-refractivity contribution in [3.05, 3.63) is 35.6 Å². The van der Waals surface area contributed by atoms with Crippen LogP contribution in [-0.2, 0) is 4.79 Å². The molecule has 0 radical (unpaired) electrons. The maximum absolute atomic E-state index is 13.6. The largest absolute Gasteiger partial charge is 0.325 e. The summed E-state index contributed by atoms with van der Waals surface area (Å²) in [7, 11) is 0. The molecule has 2 aliphatic rings. The van der Waals surface area contributed by atoms with Crippen molar-refractivity contribution in [2.24, 2.45) is 0 Å². The Bertz CT molecular complexity index is 628. The topological polar surface area (TPSA) is 66.5 Å². The number of nitrogens with zero attached hydrogens (tertiary/aromatic N) is 1. The van der Waals surface area contributed by atoms with E-state index in [0.29, 0.717) is 12.2 Å². The Morgan fingerprint density at radius 3 is 2.81 bits per heavy atom. The molecule has 2 heterocycles. The Labute approximate surface area is 124 Å². The standard InChI is InChI=1S/C14H13FN2O3S/c15-10-4-2-1-3-9(10)11(18)7-17-12(19)14(16-13(17)20)5-6-21-8-14/h1-4H,5-8H2,(H,16,20). The average Bonchev–Trinajstić information content (AvgIpc) is 3.01. The van der Waals surface area contributed by atoms with Gasteiger partial charge >= 0.3 is 6.03 Å². The Kier molecular flexibility index (Phi) is 3.44. The van der Waals surface area contributed by atoms with Crippen LogP contribution in [0.15, 0.2) is 24.3 Å². The van der Waals surface area contributed by atoms with Crippen LogP contribution < -0.4 is 5.32 Å². The number of hydrogen-bond donors (Lipinski definition) is 1. The van der Waals surface area contributed by atoms with E-state index in [2.05, 4.69) is 5.32 Å². The molecule has 2 aliphatic heterocycles. The molecule has 0 aliphatic carbocycles. The lowest BCUT2D eigenvalue weighted by Crippen LogP contribution is -2.47. The van der Waals surface area contributed by atoms with E-state index in [1.165, 1.54) is 24.3 Å². The number of thioether (sulfide) groups is 1. The Morgan fingerprint density at radius 1 is 1.38 bits per heavy atom. The highest BCUT2D eigenvalue weighted by atomic mass is 32.2. The number of imide groups is 1. The summed E-state index contributed by atoms with van der Waals surface area (Å²) in [6.07, 6.45) is 0.562. The predicted molar refractivity (Wildman–Crippen MR) is 75.6 cm³/mol. The van der Waals surface area contributed by atoms with Crippen molar-refractivity contribution in [2.75, 3.05) is 18.1 Å². The Balaban J connectivity index is 1.79. The van der Waals surface area contributed by atoms with E-state index in [4.69, 9.17) is 0 Å². The van der Waals surface area contributed by atoms with Crippen LogP contribution in [0.1, 0.15) is 16.8 Å². The van der Waals surface area contributed by atoms with E-state index >= 15 is 0 Å². The van der Waals surface area contributed by atoms with Gasteiger partial charge in [0.2, 0.25) is 0 Å². The number of nitrogens with one attached hydrogen (secondary N) is 1. The molecule has 1 aromatic carbocycles. The molecular formula is C14H13FN2O3S. The summed E-state index contributed by atoms with van der Waals surface area (Å²) in [5, 5.41) is 2.67. The van der Waals surface area contributed by atoms with Crippen LogP contribution in [0.2, 0.25) is 0 Å². The van der Waals surface area contributed by atoms with E-state index < -0.39 is 29.7 Å². The van der Waals surface area contributed by atoms with Gasteiger partial charge in [0.05, 0.1) is 12.1 Å². The summed E-state index contributed by atoms with van der Waals surface area (Å²) in [4.78, 5) is 37.3. The third kappa shape index (κ3) is 2.31. The number of urea groups is 1. The van der Waals surface area contributed by atoms with Gasteiger partial charge in [0, 0.05) is 5.75 Å². The van der Waals surface area contributed by atoms with Gasteiger partial charge in [-0.05, 0) is 24.3 Å². The molecule has 110 valence electrons. The number of amides is 3. The fourth-order valence-corrected chi connectivity index (χ4v) is 3.89. The highest BCUT2D eigenvalue weighted by Gasteiger charge is 2.53. The first kappa shape index (κ1) is 14.1. The zero-order valence-corrected chi connectivity index (χ0v) is 11.9. The fraction of sp³-hybridized carbons (Fsp3) is 0.357. The number of benzene rings is 1. The van der Waals surface area contributed by atoms with Gasteiger partial charge in [-0.15, -0.1) is 0 Å². The van der Waals surface area contributed by atoms with Gasteiger partial charge in [0.25, 0.3) is 5.91 Å². The molecule has 21 heavy (non-hydrogen) atoms. The lowest BCUT2D eigenvalue weighted by molar-refractivity contribution is -0.130. The molecule has 5 nitrogen and oxygen atoms in total. The molecule has 1 unspecified atom stereocenters. The number of ketones is 1. The summed E-state index contributed by atoms with van der Waals surface area (Å²) in [6.45, 7) is -0.433. The monoisotopic (exact) mass is 308 g/mol. The first-order chi connectivity index (χ1) is 10.0. The number of hydrogen-bond acceptors (Lipinski definition) is 4. The lowest BCUT2D eigenvalue weighted by atomic mass is 9.99. The van der Waals surface area contributed by atoms with Crippen LogP contribution in [0.5, 0.6) is 0 Å². The van der Waals surface area contributed by atoms with E-state index in [1.54, 1.807) is 11.8 Å². The maximum Gasteiger partial charge on any atom is 0.325 e. The second-order valence-corrected chi connectivity index (χ2v) is 6.21. The van der Waals surface area contributed by atoms with Crippen molar-refractivity contribution in [2.45, 2.75) is 12.0 Å². The van der Waals surface area contributed by atoms with E-state index in [-0.39, 0.29) is 11.5 Å². The van der Waals surface area contributed by atoms with Gasteiger partial charge in [0.15, 0.2) is 5.78 Å². The average molecular weight is 308 g/mol. The minimum Gasteiger partial charge on any atom is -0.322 e. The molecule has 2 saturated heterocycles. The molecule has 1 atom stereocenters. The molecule has 0 bridgehead atoms. The molecule has 1 aromatic rings. The van der Waals surface area contributed by atoms with Gasteiger partial charge in [-0.2, -0.15) is 11.8 Å². The number of Topliss-reactive ketones (excluding diaryl/α,β-unsaturated/α-hetero) is 1. The summed E-state index contributed by atoms with van der Waals surface area (Å²) in [5.41, 5.74) is -0.989. The molecular weight excluding hydrogens is 295 g/mol. The molecule has 2 fully saturated rings. The van der Waals surface area contributed by atoms with Crippen LogP contribution >= 0.6 is 11.8 Å². The molecule has 0 aromatic heterocycles. The van der Waals surface area contributed by atoms with Gasteiger partial charge in [-0.1, -0.05) is 12.1 Å². The first-order valence-electron chi connectivity index (χ1n) is 6.53. The minimum atomic E-state index is -0.878. The SMILES string of the molecule is O=C(CN1C(=O)NC2(CCSC2)C1=O)c1ccccc1F. The molecule has 7 heteroatoms. The van der Waals surface area contributed by atoms with Gasteiger partial charge < -0.3 is 5.32 Å². The van der Waals surface area contributed by atoms with Crippen molar-refractivity contribution in [3.63, 3.8) is 0 Å². The Hall–Kier alpha value is -1.89. The molecule has 1 N–H and O–H groups in total. The second-order valence-electron chi connectivity index (χ2n) is 5.11. The quantitative estimate of drug-likeness (QED) is 0.678. The lowest BCUT2D eigenvalue weighted by Gasteiger charge is -2.18. The fourth-order valence-electron chi connectivity index (χ4n) is 2.57. The van der Waals surface area contributed by atoms with Crippen LogP contribution in [0.25, 0.3) is 0 Å². The van der Waals surface area contributed by atoms with Crippen LogP contribution in [0.3, 0.4) is 0 Å². The zero-order valence-electron chi connectivity index (χ0n) is 11.1. The highest BCUT2D eigenvalue weighted by molar-refractivity contribution is 7.99. The number of halogens is 1. The molecule has 0 saturated carbocycles. The van der Waals surface area contributed by atoms with Crippen LogP contribution in [0.4, 0.5) is 9.18 Å². The van der Waals surface area contributed by atoms with Crippen molar-refractivity contribution < 1.29 is 18.8 Å².